The van der Waals surface area contributed by atoms with Crippen LogP contribution in [0.3, 0.4) is 0 Å². The first-order chi connectivity index (χ1) is 16.7. The lowest BCUT2D eigenvalue weighted by atomic mass is 10.0. The molecule has 0 aliphatic carbocycles. The topological polar surface area (TPSA) is 83.6 Å². The lowest BCUT2D eigenvalue weighted by Crippen LogP contribution is -2.41. The first-order valence-electron chi connectivity index (χ1n) is 11.2. The van der Waals surface area contributed by atoms with Gasteiger partial charge in [-0.05, 0) is 74.4 Å². The standard InChI is InChI=1S/C26H24Cl2N2O4S/c1-17-6-4-5-15-30(17)35(33,34)20-12-9-18(10-13-20)26(32)29-24-14-11-19(27)16-22(24)25(31)21-7-2-3-8-23(21)28/h2-3,7-14,16-17H,4-6,15H2,1H3,(H,29,32). The van der Waals surface area contributed by atoms with Crippen molar-refractivity contribution < 1.29 is 18.0 Å². The third-order valence-corrected chi connectivity index (χ3v) is 8.65. The number of nitrogens with zero attached hydrogens (tertiary/aromatic N) is 1. The number of hydrogen-bond donors (Lipinski definition) is 1. The van der Waals surface area contributed by atoms with Crippen molar-refractivity contribution in [1.82, 2.24) is 4.31 Å². The van der Waals surface area contributed by atoms with Crippen molar-refractivity contribution in [2.45, 2.75) is 37.1 Å². The van der Waals surface area contributed by atoms with Crippen molar-refractivity contribution >= 4 is 50.6 Å². The highest BCUT2D eigenvalue weighted by atomic mass is 35.5. The summed E-state index contributed by atoms with van der Waals surface area (Å²) in [5.74, 6) is -0.874. The number of nitrogens with one attached hydrogen (secondary N) is 1. The Morgan fingerprint density at radius 2 is 1.66 bits per heavy atom. The van der Waals surface area contributed by atoms with E-state index in [1.165, 1.54) is 34.6 Å². The number of halogens is 2. The number of carbonyl (C=O) groups is 2. The molecule has 0 spiro atoms. The first-order valence-corrected chi connectivity index (χ1v) is 13.4. The van der Waals surface area contributed by atoms with Crippen LogP contribution in [0.25, 0.3) is 0 Å². The van der Waals surface area contributed by atoms with Gasteiger partial charge in [0.2, 0.25) is 10.0 Å². The average Bonchev–Trinajstić information content (AvgIpc) is 2.85. The van der Waals surface area contributed by atoms with Gasteiger partial charge in [-0.25, -0.2) is 8.42 Å². The Morgan fingerprint density at radius 1 is 0.943 bits per heavy atom. The van der Waals surface area contributed by atoms with Gasteiger partial charge in [0.15, 0.2) is 5.78 Å². The third-order valence-electron chi connectivity index (χ3n) is 6.06. The summed E-state index contributed by atoms with van der Waals surface area (Å²) in [7, 11) is -3.64. The van der Waals surface area contributed by atoms with Gasteiger partial charge in [-0.3, -0.25) is 9.59 Å². The summed E-state index contributed by atoms with van der Waals surface area (Å²) in [6.07, 6.45) is 2.68. The van der Waals surface area contributed by atoms with Crippen molar-refractivity contribution in [3.05, 3.63) is 93.5 Å². The van der Waals surface area contributed by atoms with Crippen LogP contribution in [0.2, 0.25) is 10.0 Å². The second-order valence-corrected chi connectivity index (χ2v) is 11.2. The average molecular weight is 531 g/mol. The number of amides is 1. The van der Waals surface area contributed by atoms with Gasteiger partial charge in [0, 0.05) is 34.3 Å². The van der Waals surface area contributed by atoms with E-state index in [1.54, 1.807) is 36.4 Å². The molecule has 0 radical (unpaired) electrons. The monoisotopic (exact) mass is 530 g/mol. The second kappa shape index (κ2) is 10.5. The molecular formula is C26H24Cl2N2O4S. The molecule has 1 fully saturated rings. The quantitative estimate of drug-likeness (QED) is 0.393. The predicted octanol–water partition coefficient (Wildman–Crippen LogP) is 6.04. The molecule has 182 valence electrons. The molecule has 1 N–H and O–H groups in total. The highest BCUT2D eigenvalue weighted by Gasteiger charge is 2.31. The van der Waals surface area contributed by atoms with Crippen molar-refractivity contribution in [2.24, 2.45) is 0 Å². The molecule has 0 saturated carbocycles. The largest absolute Gasteiger partial charge is 0.321 e. The first kappa shape index (κ1) is 25.4. The molecule has 4 rings (SSSR count). The minimum Gasteiger partial charge on any atom is -0.321 e. The van der Waals surface area contributed by atoms with E-state index in [0.29, 0.717) is 11.6 Å². The maximum Gasteiger partial charge on any atom is 0.255 e. The molecule has 1 atom stereocenters. The minimum atomic E-state index is -3.64. The van der Waals surface area contributed by atoms with E-state index in [9.17, 15) is 18.0 Å². The van der Waals surface area contributed by atoms with Crippen LogP contribution in [-0.4, -0.2) is 37.0 Å². The van der Waals surface area contributed by atoms with Gasteiger partial charge in [0.25, 0.3) is 5.91 Å². The van der Waals surface area contributed by atoms with Crippen molar-refractivity contribution in [2.75, 3.05) is 11.9 Å². The zero-order chi connectivity index (χ0) is 25.2. The van der Waals surface area contributed by atoms with E-state index in [1.807, 2.05) is 6.92 Å². The van der Waals surface area contributed by atoms with Crippen LogP contribution in [-0.2, 0) is 10.0 Å². The van der Waals surface area contributed by atoms with Crippen LogP contribution >= 0.6 is 23.2 Å². The lowest BCUT2D eigenvalue weighted by Gasteiger charge is -2.32. The van der Waals surface area contributed by atoms with Crippen molar-refractivity contribution in [1.29, 1.82) is 0 Å². The molecule has 1 saturated heterocycles. The van der Waals surface area contributed by atoms with E-state index in [4.69, 9.17) is 23.2 Å². The highest BCUT2D eigenvalue weighted by Crippen LogP contribution is 2.28. The fraction of sp³-hybridized carbons (Fsp3) is 0.231. The molecule has 1 heterocycles. The number of rotatable bonds is 6. The Balaban J connectivity index is 1.57. The second-order valence-electron chi connectivity index (χ2n) is 8.44. The van der Waals surface area contributed by atoms with Crippen LogP contribution in [0.1, 0.15) is 52.5 Å². The highest BCUT2D eigenvalue weighted by molar-refractivity contribution is 7.89. The number of anilines is 1. The van der Waals surface area contributed by atoms with E-state index in [2.05, 4.69) is 5.32 Å². The number of benzene rings is 3. The molecule has 3 aromatic carbocycles. The molecule has 9 heteroatoms. The lowest BCUT2D eigenvalue weighted by molar-refractivity contribution is 0.102. The summed E-state index contributed by atoms with van der Waals surface area (Å²) >= 11 is 12.3. The van der Waals surface area contributed by atoms with Gasteiger partial charge in [-0.2, -0.15) is 4.31 Å². The number of hydrogen-bond acceptors (Lipinski definition) is 4. The molecular weight excluding hydrogens is 507 g/mol. The Kier molecular flexibility index (Phi) is 7.62. The Hall–Kier alpha value is -2.71. The summed E-state index contributed by atoms with van der Waals surface area (Å²) in [5.41, 5.74) is 0.996. The van der Waals surface area contributed by atoms with E-state index in [0.717, 1.165) is 19.3 Å². The maximum atomic E-state index is 13.1. The summed E-state index contributed by atoms with van der Waals surface area (Å²) in [5, 5.41) is 3.35. The smallest absolute Gasteiger partial charge is 0.255 e. The normalized spacial score (nSPS) is 16.6. The molecule has 0 aromatic heterocycles. The fourth-order valence-corrected chi connectivity index (χ4v) is 6.23. The Bertz CT molecular complexity index is 1370. The van der Waals surface area contributed by atoms with Gasteiger partial charge >= 0.3 is 0 Å². The summed E-state index contributed by atoms with van der Waals surface area (Å²) in [4.78, 5) is 26.2. The van der Waals surface area contributed by atoms with Crippen LogP contribution in [0, 0.1) is 0 Å². The van der Waals surface area contributed by atoms with Crippen molar-refractivity contribution in [3.63, 3.8) is 0 Å². The van der Waals surface area contributed by atoms with Gasteiger partial charge in [-0.1, -0.05) is 41.8 Å². The Morgan fingerprint density at radius 3 is 2.34 bits per heavy atom. The summed E-state index contributed by atoms with van der Waals surface area (Å²) in [6.45, 7) is 2.40. The summed E-state index contributed by atoms with van der Waals surface area (Å²) in [6, 6.07) is 16.9. The van der Waals surface area contributed by atoms with Gasteiger partial charge < -0.3 is 5.32 Å². The SMILES string of the molecule is CC1CCCCN1S(=O)(=O)c1ccc(C(=O)Nc2ccc(Cl)cc2C(=O)c2ccccc2Cl)cc1. The molecule has 6 nitrogen and oxygen atoms in total. The van der Waals surface area contributed by atoms with Crippen LogP contribution < -0.4 is 5.32 Å². The number of ketones is 1. The van der Waals surface area contributed by atoms with Gasteiger partial charge in [-0.15, -0.1) is 0 Å². The number of piperidine rings is 1. The predicted molar refractivity (Wildman–Crippen MR) is 138 cm³/mol. The Labute approximate surface area is 214 Å². The van der Waals surface area contributed by atoms with Crippen LogP contribution in [0.4, 0.5) is 5.69 Å². The number of carbonyl (C=O) groups excluding carboxylic acids is 2. The van der Waals surface area contributed by atoms with Crippen molar-refractivity contribution in [3.8, 4) is 0 Å². The molecule has 1 unspecified atom stereocenters. The van der Waals surface area contributed by atoms with E-state index >= 15 is 0 Å². The van der Waals surface area contributed by atoms with E-state index < -0.39 is 15.9 Å². The zero-order valence-electron chi connectivity index (χ0n) is 19.0. The zero-order valence-corrected chi connectivity index (χ0v) is 21.3. The molecule has 1 amide bonds. The molecule has 35 heavy (non-hydrogen) atoms. The van der Waals surface area contributed by atoms with Crippen LogP contribution in [0.5, 0.6) is 0 Å². The van der Waals surface area contributed by atoms with E-state index in [-0.39, 0.29) is 44.1 Å². The maximum absolute atomic E-state index is 13.1. The summed E-state index contributed by atoms with van der Waals surface area (Å²) < 4.78 is 27.6. The van der Waals surface area contributed by atoms with Gasteiger partial charge in [0.05, 0.1) is 15.6 Å². The molecule has 1 aliphatic rings. The molecule has 0 bridgehead atoms. The third kappa shape index (κ3) is 5.43. The minimum absolute atomic E-state index is 0.0595. The molecule has 3 aromatic rings. The number of sulfonamides is 1. The van der Waals surface area contributed by atoms with Crippen LogP contribution in [0.15, 0.2) is 71.6 Å². The molecule has 1 aliphatic heterocycles. The fourth-order valence-electron chi connectivity index (χ4n) is 4.14. The van der Waals surface area contributed by atoms with Gasteiger partial charge in [0.1, 0.15) is 0 Å².